The largest absolute Gasteiger partial charge is 0.385 e. The van der Waals surface area contributed by atoms with Crippen LogP contribution < -0.4 is 10.6 Å². The van der Waals surface area contributed by atoms with Gasteiger partial charge in [0.15, 0.2) is 0 Å². The smallest absolute Gasteiger partial charge is 0.228 e. The molecule has 0 radical (unpaired) electrons. The van der Waals surface area contributed by atoms with Crippen LogP contribution in [0.15, 0.2) is 36.5 Å². The van der Waals surface area contributed by atoms with Crippen LogP contribution in [0.2, 0.25) is 0 Å². The molecule has 2 N–H and O–H groups in total. The van der Waals surface area contributed by atoms with E-state index in [4.69, 9.17) is 0 Å². The maximum Gasteiger partial charge on any atom is 0.228 e. The SMILES string of the molecule is Cc1ccc(CCCNc2ccc3c(c2)NC(=O)C3)cn1. The first-order valence-corrected chi connectivity index (χ1v) is 7.29. The lowest BCUT2D eigenvalue weighted by Crippen LogP contribution is -2.04. The van der Waals surface area contributed by atoms with Crippen LogP contribution in [0.5, 0.6) is 0 Å². The molecule has 1 aromatic carbocycles. The number of hydrogen-bond donors (Lipinski definition) is 2. The summed E-state index contributed by atoms with van der Waals surface area (Å²) in [6.07, 6.45) is 4.51. The lowest BCUT2D eigenvalue weighted by atomic mass is 10.1. The Morgan fingerprint density at radius 3 is 3.00 bits per heavy atom. The van der Waals surface area contributed by atoms with Gasteiger partial charge in [0, 0.05) is 29.8 Å². The van der Waals surface area contributed by atoms with Crippen molar-refractivity contribution in [3.63, 3.8) is 0 Å². The molecule has 2 aromatic rings. The molecule has 0 aliphatic carbocycles. The van der Waals surface area contributed by atoms with E-state index in [1.54, 1.807) is 0 Å². The highest BCUT2D eigenvalue weighted by atomic mass is 16.1. The predicted molar refractivity (Wildman–Crippen MR) is 84.6 cm³/mol. The fourth-order valence-corrected chi connectivity index (χ4v) is 2.50. The zero-order chi connectivity index (χ0) is 14.7. The van der Waals surface area contributed by atoms with Gasteiger partial charge in [-0.2, -0.15) is 0 Å². The molecule has 0 bridgehead atoms. The number of pyridine rings is 1. The number of benzene rings is 1. The summed E-state index contributed by atoms with van der Waals surface area (Å²) in [7, 11) is 0. The van der Waals surface area contributed by atoms with Gasteiger partial charge in [-0.15, -0.1) is 0 Å². The van der Waals surface area contributed by atoms with Crippen LogP contribution in [-0.2, 0) is 17.6 Å². The molecule has 1 aliphatic heterocycles. The second-order valence-electron chi connectivity index (χ2n) is 5.44. The number of anilines is 2. The Balaban J connectivity index is 1.49. The van der Waals surface area contributed by atoms with Crippen molar-refractivity contribution in [1.82, 2.24) is 4.98 Å². The molecule has 3 rings (SSSR count). The van der Waals surface area contributed by atoms with Gasteiger partial charge >= 0.3 is 0 Å². The molecule has 2 heterocycles. The van der Waals surface area contributed by atoms with Gasteiger partial charge in [0.05, 0.1) is 6.42 Å². The number of aryl methyl sites for hydroxylation is 2. The second-order valence-corrected chi connectivity index (χ2v) is 5.44. The predicted octanol–water partition coefficient (Wildman–Crippen LogP) is 2.93. The summed E-state index contributed by atoms with van der Waals surface area (Å²) in [5.74, 6) is 0.0778. The molecule has 0 fully saturated rings. The van der Waals surface area contributed by atoms with Crippen LogP contribution in [0.25, 0.3) is 0 Å². The molecule has 1 aromatic heterocycles. The van der Waals surface area contributed by atoms with Crippen LogP contribution in [0.4, 0.5) is 11.4 Å². The van der Waals surface area contributed by atoms with Gasteiger partial charge in [0.1, 0.15) is 0 Å². The molecule has 0 spiro atoms. The van der Waals surface area contributed by atoms with E-state index in [1.165, 1.54) is 5.56 Å². The van der Waals surface area contributed by atoms with Crippen molar-refractivity contribution in [1.29, 1.82) is 0 Å². The van der Waals surface area contributed by atoms with Crippen LogP contribution in [0.1, 0.15) is 23.2 Å². The first-order chi connectivity index (χ1) is 10.2. The van der Waals surface area contributed by atoms with Gasteiger partial charge < -0.3 is 10.6 Å². The Morgan fingerprint density at radius 1 is 1.29 bits per heavy atom. The normalized spacial score (nSPS) is 12.9. The Hall–Kier alpha value is -2.36. The minimum atomic E-state index is 0.0778. The lowest BCUT2D eigenvalue weighted by molar-refractivity contribution is -0.115. The Labute approximate surface area is 124 Å². The zero-order valence-electron chi connectivity index (χ0n) is 12.1. The number of carbonyl (C=O) groups excluding carboxylic acids is 1. The monoisotopic (exact) mass is 281 g/mol. The van der Waals surface area contributed by atoms with Crippen molar-refractivity contribution in [3.05, 3.63) is 53.3 Å². The van der Waals surface area contributed by atoms with E-state index in [1.807, 2.05) is 37.4 Å². The van der Waals surface area contributed by atoms with Gasteiger partial charge in [-0.1, -0.05) is 12.1 Å². The highest BCUT2D eigenvalue weighted by Crippen LogP contribution is 2.26. The highest BCUT2D eigenvalue weighted by Gasteiger charge is 2.17. The number of hydrogen-bond acceptors (Lipinski definition) is 3. The van der Waals surface area contributed by atoms with E-state index in [0.29, 0.717) is 6.42 Å². The zero-order valence-corrected chi connectivity index (χ0v) is 12.1. The van der Waals surface area contributed by atoms with E-state index in [0.717, 1.165) is 42.0 Å². The van der Waals surface area contributed by atoms with E-state index in [9.17, 15) is 4.79 Å². The van der Waals surface area contributed by atoms with Crippen molar-refractivity contribution in [2.45, 2.75) is 26.2 Å². The quantitative estimate of drug-likeness (QED) is 0.829. The van der Waals surface area contributed by atoms with Crippen LogP contribution in [0.3, 0.4) is 0 Å². The lowest BCUT2D eigenvalue weighted by Gasteiger charge is -2.08. The average Bonchev–Trinajstić information content (AvgIpc) is 2.85. The summed E-state index contributed by atoms with van der Waals surface area (Å²) in [5, 5.41) is 6.27. The Kier molecular flexibility index (Phi) is 3.86. The molecule has 21 heavy (non-hydrogen) atoms. The molecule has 1 aliphatic rings. The third kappa shape index (κ3) is 3.40. The van der Waals surface area contributed by atoms with Gasteiger partial charge in [0.2, 0.25) is 5.91 Å². The van der Waals surface area contributed by atoms with Gasteiger partial charge in [-0.3, -0.25) is 9.78 Å². The van der Waals surface area contributed by atoms with Crippen LogP contribution in [0, 0.1) is 6.92 Å². The molecule has 4 nitrogen and oxygen atoms in total. The summed E-state index contributed by atoms with van der Waals surface area (Å²) in [6, 6.07) is 10.2. The Morgan fingerprint density at radius 2 is 2.19 bits per heavy atom. The molecule has 0 atom stereocenters. The molecule has 0 saturated carbocycles. The van der Waals surface area contributed by atoms with Gasteiger partial charge in [-0.05, 0) is 49.1 Å². The van der Waals surface area contributed by atoms with Crippen LogP contribution in [-0.4, -0.2) is 17.4 Å². The number of fused-ring (bicyclic) bond motifs is 1. The van der Waals surface area contributed by atoms with E-state index in [2.05, 4.69) is 21.7 Å². The third-order valence-electron chi connectivity index (χ3n) is 3.68. The molecule has 108 valence electrons. The minimum Gasteiger partial charge on any atom is -0.385 e. The maximum absolute atomic E-state index is 11.3. The van der Waals surface area contributed by atoms with Crippen molar-refractivity contribution in [2.24, 2.45) is 0 Å². The van der Waals surface area contributed by atoms with Crippen molar-refractivity contribution < 1.29 is 4.79 Å². The number of carbonyl (C=O) groups is 1. The standard InChI is InChI=1S/C17H19N3O/c1-12-4-5-13(11-19-12)3-2-8-18-15-7-6-14-9-17(21)20-16(14)10-15/h4-7,10-11,18H,2-3,8-9H2,1H3,(H,20,21). The topological polar surface area (TPSA) is 54.0 Å². The highest BCUT2D eigenvalue weighted by molar-refractivity contribution is 5.99. The summed E-state index contributed by atoms with van der Waals surface area (Å²) in [5.41, 5.74) is 5.39. The second kappa shape index (κ2) is 5.95. The van der Waals surface area contributed by atoms with E-state index >= 15 is 0 Å². The van der Waals surface area contributed by atoms with Crippen molar-refractivity contribution in [2.75, 3.05) is 17.2 Å². The average molecular weight is 281 g/mol. The first kappa shape index (κ1) is 13.6. The minimum absolute atomic E-state index is 0.0778. The van der Waals surface area contributed by atoms with Crippen molar-refractivity contribution >= 4 is 17.3 Å². The molecule has 4 heteroatoms. The summed E-state index contributed by atoms with van der Waals surface area (Å²) in [4.78, 5) is 15.6. The number of rotatable bonds is 5. The summed E-state index contributed by atoms with van der Waals surface area (Å²) in [6.45, 7) is 2.90. The molecule has 0 unspecified atom stereocenters. The molecular weight excluding hydrogens is 262 g/mol. The summed E-state index contributed by atoms with van der Waals surface area (Å²) < 4.78 is 0. The van der Waals surface area contributed by atoms with Gasteiger partial charge in [-0.25, -0.2) is 0 Å². The number of nitrogens with one attached hydrogen (secondary N) is 2. The first-order valence-electron chi connectivity index (χ1n) is 7.29. The van der Waals surface area contributed by atoms with E-state index < -0.39 is 0 Å². The molecule has 0 saturated heterocycles. The van der Waals surface area contributed by atoms with Gasteiger partial charge in [0.25, 0.3) is 0 Å². The molecular formula is C17H19N3O. The number of nitrogens with zero attached hydrogens (tertiary/aromatic N) is 1. The third-order valence-corrected chi connectivity index (χ3v) is 3.68. The fraction of sp³-hybridized carbons (Fsp3) is 0.294. The van der Waals surface area contributed by atoms with Crippen LogP contribution >= 0.6 is 0 Å². The Bertz CT molecular complexity index is 650. The molecule has 1 amide bonds. The van der Waals surface area contributed by atoms with Crippen molar-refractivity contribution in [3.8, 4) is 0 Å². The fourth-order valence-electron chi connectivity index (χ4n) is 2.50. The maximum atomic E-state index is 11.3. The number of amides is 1. The van der Waals surface area contributed by atoms with E-state index in [-0.39, 0.29) is 5.91 Å². The number of aromatic nitrogens is 1. The summed E-state index contributed by atoms with van der Waals surface area (Å²) >= 11 is 0.